The molecule has 5 amide bonds. The van der Waals surface area contributed by atoms with Crippen molar-refractivity contribution in [1.29, 1.82) is 5.26 Å². The summed E-state index contributed by atoms with van der Waals surface area (Å²) in [6.07, 6.45) is 3.41. The number of piperidine rings is 1. The summed E-state index contributed by atoms with van der Waals surface area (Å²) in [6.45, 7) is 14.8. The second-order valence-electron chi connectivity index (χ2n) is 19.5. The third-order valence-electron chi connectivity index (χ3n) is 15.1. The van der Waals surface area contributed by atoms with Crippen LogP contribution < -0.4 is 19.9 Å². The smallest absolute Gasteiger partial charge is 0.262 e. The van der Waals surface area contributed by atoms with Crippen LogP contribution in [0.2, 0.25) is 5.02 Å². The molecule has 2 saturated carbocycles. The molecule has 0 bridgehead atoms. The largest absolute Gasteiger partial charge is 0.489 e. The van der Waals surface area contributed by atoms with E-state index in [1.54, 1.807) is 30.3 Å². The van der Waals surface area contributed by atoms with Gasteiger partial charge < -0.3 is 19.4 Å². The molecule has 3 aromatic rings. The minimum Gasteiger partial charge on any atom is -0.489 e. The fourth-order valence-corrected chi connectivity index (χ4v) is 12.6. The number of ether oxygens (including phenoxy) is 1. The molecule has 61 heavy (non-hydrogen) atoms. The van der Waals surface area contributed by atoms with Gasteiger partial charge >= 0.3 is 0 Å². The number of imide groups is 2. The molecule has 14 heteroatoms. The maximum atomic E-state index is 14.0. The van der Waals surface area contributed by atoms with E-state index in [4.69, 9.17) is 16.3 Å². The van der Waals surface area contributed by atoms with Gasteiger partial charge in [-0.15, -0.1) is 0 Å². The Morgan fingerprint density at radius 1 is 0.787 bits per heavy atom. The predicted octanol–water partition coefficient (Wildman–Crippen LogP) is 5.63. The number of piperazine rings is 1. The number of hydrogen-bond donors (Lipinski definition) is 1. The minimum atomic E-state index is -0.972. The Balaban J connectivity index is 0.730. The van der Waals surface area contributed by atoms with Crippen molar-refractivity contribution in [2.45, 2.75) is 90.6 Å². The summed E-state index contributed by atoms with van der Waals surface area (Å²) in [5.41, 5.74) is 4.52. The highest BCUT2D eigenvalue weighted by atomic mass is 35.5. The molecule has 5 fully saturated rings. The van der Waals surface area contributed by atoms with Crippen molar-refractivity contribution in [3.05, 3.63) is 87.4 Å². The normalized spacial score (nSPS) is 26.6. The van der Waals surface area contributed by atoms with Gasteiger partial charge in [-0.05, 0) is 85.2 Å². The molecule has 1 atom stereocenters. The summed E-state index contributed by atoms with van der Waals surface area (Å²) in [5, 5.41) is 11.9. The number of fused-ring (bicyclic) bond motifs is 2. The average molecular weight is 844 g/mol. The molecule has 7 aliphatic rings. The van der Waals surface area contributed by atoms with Gasteiger partial charge in [-0.2, -0.15) is 5.26 Å². The van der Waals surface area contributed by atoms with Gasteiger partial charge in [0.25, 0.3) is 17.7 Å². The molecule has 1 spiro atoms. The maximum Gasteiger partial charge on any atom is 0.262 e. The Labute approximate surface area is 360 Å². The predicted molar refractivity (Wildman–Crippen MR) is 227 cm³/mol. The van der Waals surface area contributed by atoms with Crippen LogP contribution in [0.4, 0.5) is 11.4 Å². The topological polar surface area (TPSA) is 147 Å². The SMILES string of the molecule is CC1(C)C(Oc2ccc(C#N)c(Cl)c2)C(C)(C)C1N1Cc2cc(N3CCN(C4CC5(CCN(c6ccc7c(c6)C(=O)N(C6CCC(=O)NC6=O)C7=O)C5)C4)CC3)ccc2C1=O. The molecule has 13 nitrogen and oxygen atoms in total. The van der Waals surface area contributed by atoms with Crippen molar-refractivity contribution in [3.63, 3.8) is 0 Å². The summed E-state index contributed by atoms with van der Waals surface area (Å²) in [5.74, 6) is -1.26. The number of rotatable bonds is 7. The van der Waals surface area contributed by atoms with E-state index in [1.165, 1.54) is 0 Å². The van der Waals surface area contributed by atoms with Crippen molar-refractivity contribution in [1.82, 2.24) is 20.0 Å². The van der Waals surface area contributed by atoms with E-state index in [-0.39, 0.29) is 53.0 Å². The molecule has 0 radical (unpaired) electrons. The second kappa shape index (κ2) is 14.0. The van der Waals surface area contributed by atoms with Crippen molar-refractivity contribution in [3.8, 4) is 11.8 Å². The molecule has 0 aromatic heterocycles. The lowest BCUT2D eigenvalue weighted by Gasteiger charge is -2.65. The highest BCUT2D eigenvalue weighted by Gasteiger charge is 2.67. The van der Waals surface area contributed by atoms with Gasteiger partial charge in [0.2, 0.25) is 11.8 Å². The summed E-state index contributed by atoms with van der Waals surface area (Å²) in [4.78, 5) is 75.3. The van der Waals surface area contributed by atoms with Crippen molar-refractivity contribution < 1.29 is 28.7 Å². The Kier molecular flexibility index (Phi) is 9.13. The molecule has 1 N–H and O–H groups in total. The molecular weight excluding hydrogens is 794 g/mol. The van der Waals surface area contributed by atoms with Crippen LogP contribution in [0.3, 0.4) is 0 Å². The van der Waals surface area contributed by atoms with Crippen molar-refractivity contribution >= 4 is 52.5 Å². The van der Waals surface area contributed by atoms with Crippen LogP contribution in [-0.2, 0) is 16.1 Å². The fraction of sp³-hybridized carbons (Fsp3) is 0.489. The number of nitrogens with one attached hydrogen (secondary N) is 1. The average Bonchev–Trinajstić information content (AvgIpc) is 3.88. The Bertz CT molecular complexity index is 2450. The van der Waals surface area contributed by atoms with E-state index in [9.17, 15) is 29.2 Å². The lowest BCUT2D eigenvalue weighted by Crippen LogP contribution is -2.74. The monoisotopic (exact) mass is 843 g/mol. The van der Waals surface area contributed by atoms with E-state index in [0.29, 0.717) is 40.0 Å². The lowest BCUT2D eigenvalue weighted by atomic mass is 9.49. The number of carbonyl (C=O) groups is 5. The third kappa shape index (κ3) is 6.23. The zero-order valence-corrected chi connectivity index (χ0v) is 35.8. The highest BCUT2D eigenvalue weighted by Crippen LogP contribution is 2.59. The molecule has 3 saturated heterocycles. The van der Waals surface area contributed by atoms with Crippen LogP contribution in [0.5, 0.6) is 5.75 Å². The first kappa shape index (κ1) is 39.7. The zero-order chi connectivity index (χ0) is 42.7. The molecule has 5 heterocycles. The number of halogens is 1. The Hall–Kier alpha value is -5.45. The van der Waals surface area contributed by atoms with Crippen LogP contribution in [0.1, 0.15) is 102 Å². The molecule has 3 aromatic carbocycles. The molecule has 10 rings (SSSR count). The quantitative estimate of drug-likeness (QED) is 0.297. The summed E-state index contributed by atoms with van der Waals surface area (Å²) < 4.78 is 6.51. The number of hydrogen-bond acceptors (Lipinski definition) is 10. The van der Waals surface area contributed by atoms with Gasteiger partial charge in [-0.1, -0.05) is 39.3 Å². The van der Waals surface area contributed by atoms with Gasteiger partial charge in [0.15, 0.2) is 0 Å². The standard InChI is InChI=1S/C47H50ClN7O6/c1-45(2)43(46(3,4)44(45)61-32-8-5-27(24-49)36(48)21-32)54-25-28-19-29(6-9-33(28)40(54)58)51-15-17-52(18-16-51)31-22-47(23-31)13-14-53(26-47)30-7-10-34-35(20-30)42(60)55(41(34)59)37-11-12-38(56)50-39(37)57/h5-10,19-21,31,37,43-44H,11-18,22-23,25-26H2,1-4H3,(H,50,56,57). The lowest BCUT2D eigenvalue weighted by molar-refractivity contribution is -0.199. The van der Waals surface area contributed by atoms with Gasteiger partial charge in [0.05, 0.1) is 21.7 Å². The number of benzene rings is 3. The second-order valence-corrected chi connectivity index (χ2v) is 19.9. The van der Waals surface area contributed by atoms with E-state index in [0.717, 1.165) is 85.9 Å². The Morgan fingerprint density at radius 2 is 1.48 bits per heavy atom. The van der Waals surface area contributed by atoms with E-state index in [2.05, 4.69) is 65.9 Å². The van der Waals surface area contributed by atoms with E-state index in [1.807, 2.05) is 17.0 Å². The van der Waals surface area contributed by atoms with Gasteiger partial charge in [0.1, 0.15) is 24.0 Å². The molecule has 1 unspecified atom stereocenters. The van der Waals surface area contributed by atoms with E-state index >= 15 is 0 Å². The van der Waals surface area contributed by atoms with Crippen LogP contribution >= 0.6 is 11.6 Å². The molecular formula is C47H50ClN7O6. The van der Waals surface area contributed by atoms with Gasteiger partial charge in [-0.3, -0.25) is 39.1 Å². The first-order chi connectivity index (χ1) is 29.1. The summed E-state index contributed by atoms with van der Waals surface area (Å²) >= 11 is 6.32. The van der Waals surface area contributed by atoms with Crippen molar-refractivity contribution in [2.24, 2.45) is 16.2 Å². The fourth-order valence-electron chi connectivity index (χ4n) is 12.4. The number of carbonyl (C=O) groups excluding carboxylic acids is 5. The summed E-state index contributed by atoms with van der Waals surface area (Å²) in [6, 6.07) is 18.5. The third-order valence-corrected chi connectivity index (χ3v) is 15.4. The van der Waals surface area contributed by atoms with Gasteiger partial charge in [0, 0.05) is 98.2 Å². The van der Waals surface area contributed by atoms with Crippen LogP contribution in [-0.4, -0.2) is 108 Å². The number of amides is 5. The minimum absolute atomic E-state index is 0.0374. The summed E-state index contributed by atoms with van der Waals surface area (Å²) in [7, 11) is 0. The van der Waals surface area contributed by atoms with Crippen LogP contribution in [0.25, 0.3) is 0 Å². The van der Waals surface area contributed by atoms with E-state index < -0.39 is 23.8 Å². The maximum absolute atomic E-state index is 14.0. The molecule has 5 aliphatic heterocycles. The highest BCUT2D eigenvalue weighted by molar-refractivity contribution is 6.31. The number of anilines is 2. The number of nitriles is 1. The Morgan fingerprint density at radius 3 is 2.16 bits per heavy atom. The van der Waals surface area contributed by atoms with Crippen LogP contribution in [0, 0.1) is 27.6 Å². The zero-order valence-electron chi connectivity index (χ0n) is 35.0. The van der Waals surface area contributed by atoms with Gasteiger partial charge in [-0.25, -0.2) is 0 Å². The molecule has 2 aliphatic carbocycles. The van der Waals surface area contributed by atoms with Crippen LogP contribution in [0.15, 0.2) is 54.6 Å². The molecule has 316 valence electrons. The van der Waals surface area contributed by atoms with Crippen molar-refractivity contribution in [2.75, 3.05) is 49.1 Å². The first-order valence-electron chi connectivity index (χ1n) is 21.5. The first-order valence-corrected chi connectivity index (χ1v) is 21.9. The number of nitrogens with zero attached hydrogens (tertiary/aromatic N) is 6.